The lowest BCUT2D eigenvalue weighted by Gasteiger charge is -2.13. The fraction of sp³-hybridized carbons (Fsp3) is 0.250. The lowest BCUT2D eigenvalue weighted by Crippen LogP contribution is -2.21. The van der Waals surface area contributed by atoms with Gasteiger partial charge in [-0.2, -0.15) is 4.98 Å². The normalized spacial score (nSPS) is 10.9. The van der Waals surface area contributed by atoms with Gasteiger partial charge in [0.25, 0.3) is 0 Å². The van der Waals surface area contributed by atoms with E-state index in [1.807, 2.05) is 32.3 Å². The third-order valence-electron chi connectivity index (χ3n) is 3.96. The molecule has 0 spiro atoms. The second-order valence-electron chi connectivity index (χ2n) is 6.52. The van der Waals surface area contributed by atoms with E-state index < -0.39 is 0 Å². The number of hydrogen-bond donors (Lipinski definition) is 2. The van der Waals surface area contributed by atoms with E-state index in [0.717, 1.165) is 30.0 Å². The molecule has 3 rings (SSSR count). The maximum absolute atomic E-state index is 13.5. The fourth-order valence-corrected chi connectivity index (χ4v) is 2.51. The van der Waals surface area contributed by atoms with E-state index in [1.165, 1.54) is 6.07 Å². The smallest absolute Gasteiger partial charge is 0.225 e. The van der Waals surface area contributed by atoms with Crippen molar-refractivity contribution in [1.82, 2.24) is 19.9 Å². The number of pyridine rings is 1. The minimum atomic E-state index is -0.231. The number of benzene rings is 1. The monoisotopic (exact) mass is 366 g/mol. The SMILES string of the molecule is Cc1cc(Nc2cc(-c3cccnc3)nc(NCCN(C)C)n2)ccc1F. The van der Waals surface area contributed by atoms with Gasteiger partial charge in [-0.1, -0.05) is 0 Å². The summed E-state index contributed by atoms with van der Waals surface area (Å²) in [6, 6.07) is 10.6. The van der Waals surface area contributed by atoms with Crippen molar-refractivity contribution in [3.8, 4) is 11.3 Å². The molecule has 27 heavy (non-hydrogen) atoms. The Kier molecular flexibility index (Phi) is 5.93. The Hall–Kier alpha value is -3.06. The van der Waals surface area contributed by atoms with Crippen molar-refractivity contribution < 1.29 is 4.39 Å². The summed E-state index contributed by atoms with van der Waals surface area (Å²) in [4.78, 5) is 15.4. The lowest BCUT2D eigenvalue weighted by molar-refractivity contribution is 0.425. The minimum Gasteiger partial charge on any atom is -0.353 e. The van der Waals surface area contributed by atoms with Crippen molar-refractivity contribution in [2.24, 2.45) is 0 Å². The average Bonchev–Trinajstić information content (AvgIpc) is 2.65. The van der Waals surface area contributed by atoms with Gasteiger partial charge < -0.3 is 15.5 Å². The molecule has 0 aliphatic carbocycles. The van der Waals surface area contributed by atoms with Gasteiger partial charge in [0.1, 0.15) is 11.6 Å². The van der Waals surface area contributed by atoms with Crippen LogP contribution in [0.3, 0.4) is 0 Å². The predicted molar refractivity (Wildman–Crippen MR) is 107 cm³/mol. The van der Waals surface area contributed by atoms with Gasteiger partial charge in [0.05, 0.1) is 5.69 Å². The first-order valence-electron chi connectivity index (χ1n) is 8.72. The van der Waals surface area contributed by atoms with Crippen molar-refractivity contribution in [2.45, 2.75) is 6.92 Å². The number of hydrogen-bond acceptors (Lipinski definition) is 6. The number of rotatable bonds is 7. The zero-order valence-electron chi connectivity index (χ0n) is 15.7. The maximum atomic E-state index is 13.5. The highest BCUT2D eigenvalue weighted by atomic mass is 19.1. The molecular weight excluding hydrogens is 343 g/mol. The molecular formula is C20H23FN6. The molecule has 0 fully saturated rings. The van der Waals surface area contributed by atoms with Crippen LogP contribution in [0.5, 0.6) is 0 Å². The van der Waals surface area contributed by atoms with Gasteiger partial charge in [-0.15, -0.1) is 0 Å². The van der Waals surface area contributed by atoms with Crippen LogP contribution >= 0.6 is 0 Å². The number of likely N-dealkylation sites (N-methyl/N-ethyl adjacent to an activating group) is 1. The largest absolute Gasteiger partial charge is 0.353 e. The summed E-state index contributed by atoms with van der Waals surface area (Å²) < 4.78 is 13.5. The van der Waals surface area contributed by atoms with E-state index in [2.05, 4.69) is 30.5 Å². The molecule has 0 amide bonds. The fourth-order valence-electron chi connectivity index (χ4n) is 2.51. The Labute approximate surface area is 158 Å². The third kappa shape index (κ3) is 5.21. The molecule has 140 valence electrons. The van der Waals surface area contributed by atoms with Crippen LogP contribution in [0, 0.1) is 12.7 Å². The Morgan fingerprint density at radius 1 is 1.11 bits per heavy atom. The number of nitrogens with zero attached hydrogens (tertiary/aromatic N) is 4. The van der Waals surface area contributed by atoms with Crippen LogP contribution in [0.25, 0.3) is 11.3 Å². The molecule has 0 aliphatic rings. The van der Waals surface area contributed by atoms with E-state index in [4.69, 9.17) is 0 Å². The van der Waals surface area contributed by atoms with Gasteiger partial charge in [0.2, 0.25) is 5.95 Å². The Morgan fingerprint density at radius 2 is 1.96 bits per heavy atom. The van der Waals surface area contributed by atoms with Gasteiger partial charge in [-0.05, 0) is 56.9 Å². The zero-order valence-corrected chi connectivity index (χ0v) is 15.7. The molecule has 3 aromatic rings. The quantitative estimate of drug-likeness (QED) is 0.665. The van der Waals surface area contributed by atoms with Gasteiger partial charge in [0, 0.05) is 42.8 Å². The molecule has 0 bridgehead atoms. The zero-order chi connectivity index (χ0) is 19.2. The third-order valence-corrected chi connectivity index (χ3v) is 3.96. The summed E-state index contributed by atoms with van der Waals surface area (Å²) >= 11 is 0. The highest BCUT2D eigenvalue weighted by Gasteiger charge is 2.08. The van der Waals surface area contributed by atoms with Crippen molar-refractivity contribution in [2.75, 3.05) is 37.8 Å². The molecule has 1 aromatic carbocycles. The van der Waals surface area contributed by atoms with Crippen LogP contribution < -0.4 is 10.6 Å². The van der Waals surface area contributed by atoms with Crippen LogP contribution in [0.4, 0.5) is 21.8 Å². The highest BCUT2D eigenvalue weighted by Crippen LogP contribution is 2.24. The topological polar surface area (TPSA) is 66.0 Å². The number of halogens is 1. The summed E-state index contributed by atoms with van der Waals surface area (Å²) in [6.45, 7) is 3.31. The molecule has 0 saturated heterocycles. The average molecular weight is 366 g/mol. The molecule has 0 radical (unpaired) electrons. The van der Waals surface area contributed by atoms with Gasteiger partial charge in [0.15, 0.2) is 0 Å². The van der Waals surface area contributed by atoms with Crippen molar-refractivity contribution in [1.29, 1.82) is 0 Å². The summed E-state index contributed by atoms with van der Waals surface area (Å²) in [5.41, 5.74) is 3.00. The van der Waals surface area contributed by atoms with E-state index in [9.17, 15) is 4.39 Å². The van der Waals surface area contributed by atoms with Crippen molar-refractivity contribution in [3.63, 3.8) is 0 Å². The number of anilines is 3. The Balaban J connectivity index is 1.90. The van der Waals surface area contributed by atoms with Crippen LogP contribution in [0.15, 0.2) is 48.8 Å². The molecule has 2 heterocycles. The van der Waals surface area contributed by atoms with Gasteiger partial charge >= 0.3 is 0 Å². The van der Waals surface area contributed by atoms with Crippen LogP contribution in [-0.2, 0) is 0 Å². The summed E-state index contributed by atoms with van der Waals surface area (Å²) in [6.07, 6.45) is 3.49. The molecule has 0 unspecified atom stereocenters. The van der Waals surface area contributed by atoms with Crippen LogP contribution in [-0.4, -0.2) is 47.0 Å². The first-order chi connectivity index (χ1) is 13.0. The summed E-state index contributed by atoms with van der Waals surface area (Å²) in [7, 11) is 4.02. The molecule has 7 heteroatoms. The first kappa shape index (κ1) is 18.7. The molecule has 2 aromatic heterocycles. The van der Waals surface area contributed by atoms with Gasteiger partial charge in [-0.3, -0.25) is 4.98 Å². The van der Waals surface area contributed by atoms with Gasteiger partial charge in [-0.25, -0.2) is 9.37 Å². The number of aryl methyl sites for hydroxylation is 1. The number of aromatic nitrogens is 3. The van der Waals surface area contributed by atoms with Crippen LogP contribution in [0.2, 0.25) is 0 Å². The maximum Gasteiger partial charge on any atom is 0.225 e. The van der Waals surface area contributed by atoms with E-state index in [-0.39, 0.29) is 5.82 Å². The second-order valence-corrected chi connectivity index (χ2v) is 6.52. The molecule has 2 N–H and O–H groups in total. The van der Waals surface area contributed by atoms with E-state index in [0.29, 0.717) is 17.3 Å². The molecule has 0 atom stereocenters. The first-order valence-corrected chi connectivity index (χ1v) is 8.72. The van der Waals surface area contributed by atoms with Crippen molar-refractivity contribution >= 4 is 17.5 Å². The van der Waals surface area contributed by atoms with Crippen molar-refractivity contribution in [3.05, 3.63) is 60.2 Å². The molecule has 0 aliphatic heterocycles. The van der Waals surface area contributed by atoms with E-state index >= 15 is 0 Å². The van der Waals surface area contributed by atoms with Crippen LogP contribution in [0.1, 0.15) is 5.56 Å². The van der Waals surface area contributed by atoms with E-state index in [1.54, 1.807) is 31.5 Å². The second kappa shape index (κ2) is 8.55. The minimum absolute atomic E-state index is 0.231. The number of nitrogens with one attached hydrogen (secondary N) is 2. The summed E-state index contributed by atoms with van der Waals surface area (Å²) in [5, 5.41) is 6.48. The predicted octanol–water partition coefficient (Wildman–Crippen LogP) is 3.70. The Morgan fingerprint density at radius 3 is 2.67 bits per heavy atom. The standard InChI is InChI=1S/C20H23FN6/c1-14-11-16(6-7-17(14)21)24-19-12-18(15-5-4-8-22-13-15)25-20(26-19)23-9-10-27(2)3/h4-8,11-13H,9-10H2,1-3H3,(H2,23,24,25,26). The Bertz CT molecular complexity index is 898. The lowest BCUT2D eigenvalue weighted by atomic mass is 10.2. The highest BCUT2D eigenvalue weighted by molar-refractivity contribution is 5.67. The summed E-state index contributed by atoms with van der Waals surface area (Å²) in [5.74, 6) is 0.923. The molecule has 0 saturated carbocycles. The molecule has 6 nitrogen and oxygen atoms in total.